The highest BCUT2D eigenvalue weighted by Crippen LogP contribution is 2.32. The lowest BCUT2D eigenvalue weighted by Gasteiger charge is -2.19. The highest BCUT2D eigenvalue weighted by Gasteiger charge is 2.21. The fraction of sp³-hybridized carbons (Fsp3) is 0.545. The maximum atomic E-state index is 12.7. The summed E-state index contributed by atoms with van der Waals surface area (Å²) < 4.78 is 7.77. The number of amides is 1. The molecule has 29 heavy (non-hydrogen) atoms. The van der Waals surface area contributed by atoms with Gasteiger partial charge in [-0.15, -0.1) is 0 Å². The van der Waals surface area contributed by atoms with E-state index in [2.05, 4.69) is 42.2 Å². The van der Waals surface area contributed by atoms with Crippen molar-refractivity contribution in [2.75, 3.05) is 11.9 Å². The Labute approximate surface area is 174 Å². The number of carbonyl (C=O) groups excluding carboxylic acids is 1. The van der Waals surface area contributed by atoms with Gasteiger partial charge < -0.3 is 15.8 Å². The number of nitrogens with one attached hydrogen (secondary N) is 1. The number of ether oxygens (including phenoxy) is 1. The first-order valence-electron chi connectivity index (χ1n) is 10.5. The molecular weight excluding hydrogens is 380 g/mol. The van der Waals surface area contributed by atoms with Gasteiger partial charge in [0, 0.05) is 32.2 Å². The Bertz CT molecular complexity index is 844. The van der Waals surface area contributed by atoms with E-state index < -0.39 is 8.07 Å². The summed E-state index contributed by atoms with van der Waals surface area (Å²) in [5, 5.41) is 7.59. The summed E-state index contributed by atoms with van der Waals surface area (Å²) >= 11 is 0. The van der Waals surface area contributed by atoms with E-state index in [1.807, 2.05) is 23.7 Å². The second kappa shape index (κ2) is 9.24. The highest BCUT2D eigenvalue weighted by atomic mass is 28.3. The number of hydrogen-bond donors (Lipinski definition) is 2. The summed E-state index contributed by atoms with van der Waals surface area (Å²) in [5.41, 5.74) is 10.1. The molecule has 1 aromatic heterocycles. The van der Waals surface area contributed by atoms with E-state index >= 15 is 0 Å². The van der Waals surface area contributed by atoms with E-state index in [0.29, 0.717) is 6.73 Å². The summed E-state index contributed by atoms with van der Waals surface area (Å²) in [7, 11) is -1.15. The summed E-state index contributed by atoms with van der Waals surface area (Å²) in [6.07, 6.45) is 4.34. The number of rotatable bonds is 5. The van der Waals surface area contributed by atoms with Crippen molar-refractivity contribution < 1.29 is 9.53 Å². The lowest BCUT2D eigenvalue weighted by molar-refractivity contribution is -0.119. The van der Waals surface area contributed by atoms with Crippen molar-refractivity contribution in [3.05, 3.63) is 36.0 Å². The van der Waals surface area contributed by atoms with Crippen molar-refractivity contribution in [3.63, 3.8) is 0 Å². The average molecular weight is 415 g/mol. The SMILES string of the molecule is CC1CCCC(N)c2cccc(c2)-c2c(cnn2COCC[Si](C)(C)C)NC1=O. The van der Waals surface area contributed by atoms with E-state index in [0.717, 1.165) is 54.4 Å². The maximum Gasteiger partial charge on any atom is 0.227 e. The molecule has 3 N–H and O–H groups in total. The third-order valence-corrected chi connectivity index (χ3v) is 7.20. The fourth-order valence-electron chi connectivity index (χ4n) is 3.52. The Morgan fingerprint density at radius 2 is 2.10 bits per heavy atom. The molecule has 0 saturated heterocycles. The number of fused-ring (bicyclic) bond motifs is 4. The summed E-state index contributed by atoms with van der Waals surface area (Å²) in [4.78, 5) is 12.7. The number of carbonyl (C=O) groups is 1. The van der Waals surface area contributed by atoms with Crippen molar-refractivity contribution in [2.45, 2.75) is 64.6 Å². The standard InChI is InChI=1S/C22H34N4O2Si/c1-16-7-5-10-19(23)17-8-6-9-18(13-17)21-20(25-22(16)27)14-24-26(21)15-28-11-12-29(2,3)4/h6,8-9,13-14,16,19H,5,7,10-12,15,23H2,1-4H3,(H,25,27). The van der Waals surface area contributed by atoms with E-state index in [1.54, 1.807) is 6.20 Å². The predicted octanol–water partition coefficient (Wildman–Crippen LogP) is 4.62. The molecule has 2 heterocycles. The van der Waals surface area contributed by atoms with Gasteiger partial charge in [-0.1, -0.05) is 51.2 Å². The summed E-state index contributed by atoms with van der Waals surface area (Å²) in [6.45, 7) is 10.1. The molecule has 0 radical (unpaired) electrons. The molecular formula is C22H34N4O2Si. The smallest absolute Gasteiger partial charge is 0.227 e. The zero-order valence-corrected chi connectivity index (χ0v) is 19.1. The molecule has 0 fully saturated rings. The molecule has 0 aliphatic carbocycles. The molecule has 1 aliphatic heterocycles. The van der Waals surface area contributed by atoms with E-state index in [9.17, 15) is 4.79 Å². The molecule has 2 unspecified atom stereocenters. The normalized spacial score (nSPS) is 20.4. The third kappa shape index (κ3) is 5.78. The van der Waals surface area contributed by atoms with Crippen LogP contribution < -0.4 is 11.1 Å². The number of nitrogens with zero attached hydrogens (tertiary/aromatic N) is 2. The van der Waals surface area contributed by atoms with Gasteiger partial charge in [-0.05, 0) is 30.5 Å². The van der Waals surface area contributed by atoms with Crippen LogP contribution in [0.1, 0.15) is 37.8 Å². The minimum atomic E-state index is -1.15. The second-order valence-electron chi connectivity index (χ2n) is 9.31. The van der Waals surface area contributed by atoms with Gasteiger partial charge in [0.15, 0.2) is 0 Å². The maximum absolute atomic E-state index is 12.7. The lowest BCUT2D eigenvalue weighted by atomic mass is 9.95. The van der Waals surface area contributed by atoms with Crippen LogP contribution in [0.2, 0.25) is 25.7 Å². The Morgan fingerprint density at radius 3 is 2.86 bits per heavy atom. The van der Waals surface area contributed by atoms with Gasteiger partial charge in [-0.3, -0.25) is 4.79 Å². The van der Waals surface area contributed by atoms with Crippen molar-refractivity contribution in [1.29, 1.82) is 0 Å². The molecule has 1 aliphatic rings. The minimum absolute atomic E-state index is 0.0238. The molecule has 2 atom stereocenters. The molecule has 2 aromatic rings. The largest absolute Gasteiger partial charge is 0.360 e. The van der Waals surface area contributed by atoms with Crippen LogP contribution in [-0.2, 0) is 16.3 Å². The first kappa shape index (κ1) is 21.7. The van der Waals surface area contributed by atoms with Gasteiger partial charge in [0.25, 0.3) is 0 Å². The molecule has 3 rings (SSSR count). The monoisotopic (exact) mass is 414 g/mol. The van der Waals surface area contributed by atoms with Crippen molar-refractivity contribution >= 4 is 19.7 Å². The molecule has 0 saturated carbocycles. The van der Waals surface area contributed by atoms with Gasteiger partial charge in [-0.25, -0.2) is 4.68 Å². The molecule has 7 heteroatoms. The van der Waals surface area contributed by atoms with Gasteiger partial charge in [-0.2, -0.15) is 5.10 Å². The Morgan fingerprint density at radius 1 is 1.31 bits per heavy atom. The Kier molecular flexibility index (Phi) is 6.92. The quantitative estimate of drug-likeness (QED) is 0.552. The van der Waals surface area contributed by atoms with Crippen LogP contribution in [0, 0.1) is 5.92 Å². The van der Waals surface area contributed by atoms with E-state index in [4.69, 9.17) is 10.5 Å². The number of nitrogens with two attached hydrogens (primary N) is 1. The van der Waals surface area contributed by atoms with Crippen molar-refractivity contribution in [1.82, 2.24) is 9.78 Å². The zero-order valence-electron chi connectivity index (χ0n) is 18.1. The highest BCUT2D eigenvalue weighted by molar-refractivity contribution is 6.76. The summed E-state index contributed by atoms with van der Waals surface area (Å²) in [5.74, 6) is -0.0417. The van der Waals surface area contributed by atoms with Gasteiger partial charge in [0.1, 0.15) is 6.73 Å². The first-order valence-corrected chi connectivity index (χ1v) is 14.3. The van der Waals surface area contributed by atoms with E-state index in [-0.39, 0.29) is 17.9 Å². The number of anilines is 1. The number of aromatic nitrogens is 2. The van der Waals surface area contributed by atoms with Gasteiger partial charge >= 0.3 is 0 Å². The minimum Gasteiger partial charge on any atom is -0.360 e. The molecule has 2 bridgehead atoms. The van der Waals surface area contributed by atoms with Crippen molar-refractivity contribution in [2.24, 2.45) is 11.7 Å². The average Bonchev–Trinajstić information content (AvgIpc) is 3.06. The van der Waals surface area contributed by atoms with Crippen LogP contribution >= 0.6 is 0 Å². The fourth-order valence-corrected chi connectivity index (χ4v) is 4.28. The van der Waals surface area contributed by atoms with Gasteiger partial charge in [0.2, 0.25) is 5.91 Å². The van der Waals surface area contributed by atoms with Gasteiger partial charge in [0.05, 0.1) is 17.6 Å². The molecule has 1 aromatic carbocycles. The van der Waals surface area contributed by atoms with Crippen LogP contribution in [0.4, 0.5) is 5.69 Å². The second-order valence-corrected chi connectivity index (χ2v) is 14.9. The number of benzene rings is 1. The van der Waals surface area contributed by atoms with E-state index in [1.165, 1.54) is 0 Å². The third-order valence-electron chi connectivity index (χ3n) is 5.50. The Balaban J connectivity index is 1.92. The van der Waals surface area contributed by atoms with Crippen LogP contribution in [-0.4, -0.2) is 30.4 Å². The van der Waals surface area contributed by atoms with Crippen LogP contribution in [0.5, 0.6) is 0 Å². The first-order chi connectivity index (χ1) is 13.7. The molecule has 158 valence electrons. The zero-order chi connectivity index (χ0) is 21.0. The number of hydrogen-bond acceptors (Lipinski definition) is 4. The lowest BCUT2D eigenvalue weighted by Crippen LogP contribution is -2.22. The predicted molar refractivity (Wildman–Crippen MR) is 120 cm³/mol. The van der Waals surface area contributed by atoms with Crippen LogP contribution in [0.25, 0.3) is 11.3 Å². The van der Waals surface area contributed by atoms with Crippen LogP contribution in [0.15, 0.2) is 30.5 Å². The van der Waals surface area contributed by atoms with Crippen LogP contribution in [0.3, 0.4) is 0 Å². The molecule has 0 spiro atoms. The summed E-state index contributed by atoms with van der Waals surface area (Å²) in [6, 6.07) is 9.32. The molecule has 6 nitrogen and oxygen atoms in total. The van der Waals surface area contributed by atoms with Crippen molar-refractivity contribution in [3.8, 4) is 11.3 Å². The Hall–Kier alpha value is -1.96. The molecule has 1 amide bonds. The topological polar surface area (TPSA) is 82.2 Å².